The Hall–Kier alpha value is -3.12. The molecule has 2 N–H and O–H groups in total. The molecule has 172 valence electrons. The van der Waals surface area contributed by atoms with Crippen molar-refractivity contribution in [3.05, 3.63) is 69.1 Å². The number of aromatic hydroxyl groups is 1. The van der Waals surface area contributed by atoms with Crippen molar-refractivity contribution in [2.24, 2.45) is 4.99 Å². The lowest BCUT2D eigenvalue weighted by atomic mass is 9.96. The molecule has 33 heavy (non-hydrogen) atoms. The molecule has 0 radical (unpaired) electrons. The Morgan fingerprint density at radius 3 is 2.55 bits per heavy atom. The predicted octanol–water partition coefficient (Wildman–Crippen LogP) is 6.74. The van der Waals surface area contributed by atoms with E-state index >= 15 is 0 Å². The number of carbonyl (C=O) groups excluding carboxylic acids is 1. The summed E-state index contributed by atoms with van der Waals surface area (Å²) in [5, 5.41) is 14.2. The molecule has 5 nitrogen and oxygen atoms in total. The standard InChI is InChI=1S/C27H30N2O3S/c1-17-13-18(2)15-20(14-17)29-26(31)24-21-10-6-4-5-7-12-23(21)33-27(24)28-16-19-9-8-11-22(32-3)25(19)30/h8-9,11,13-16,30H,4-7,10,12H2,1-3H3,(H,29,31). The summed E-state index contributed by atoms with van der Waals surface area (Å²) >= 11 is 1.59. The number of phenolic OH excluding ortho intramolecular Hbond substituents is 1. The number of rotatable bonds is 5. The topological polar surface area (TPSA) is 70.9 Å². The Labute approximate surface area is 199 Å². The normalized spacial score (nSPS) is 13.9. The Balaban J connectivity index is 1.73. The molecular weight excluding hydrogens is 432 g/mol. The van der Waals surface area contributed by atoms with Gasteiger partial charge < -0.3 is 15.2 Å². The van der Waals surface area contributed by atoms with Crippen LogP contribution in [0.15, 0.2) is 41.4 Å². The van der Waals surface area contributed by atoms with Crippen LogP contribution in [0, 0.1) is 13.8 Å². The lowest BCUT2D eigenvalue weighted by molar-refractivity contribution is 0.102. The molecule has 1 aromatic heterocycles. The Bertz CT molecular complexity index is 1180. The van der Waals surface area contributed by atoms with E-state index in [-0.39, 0.29) is 11.7 Å². The van der Waals surface area contributed by atoms with Crippen molar-refractivity contribution in [1.29, 1.82) is 0 Å². The smallest absolute Gasteiger partial charge is 0.259 e. The first-order chi connectivity index (χ1) is 16.0. The quantitative estimate of drug-likeness (QED) is 0.412. The van der Waals surface area contributed by atoms with E-state index in [4.69, 9.17) is 9.73 Å². The molecule has 0 saturated carbocycles. The second-order valence-corrected chi connectivity index (χ2v) is 9.67. The number of aliphatic imine (C=N–C) groups is 1. The van der Waals surface area contributed by atoms with Gasteiger partial charge in [-0.25, -0.2) is 4.99 Å². The fourth-order valence-electron chi connectivity index (χ4n) is 4.41. The van der Waals surface area contributed by atoms with Crippen LogP contribution in [-0.2, 0) is 12.8 Å². The summed E-state index contributed by atoms with van der Waals surface area (Å²) in [4.78, 5) is 19.5. The number of benzene rings is 2. The van der Waals surface area contributed by atoms with Crippen molar-refractivity contribution >= 4 is 34.1 Å². The van der Waals surface area contributed by atoms with E-state index < -0.39 is 0 Å². The summed E-state index contributed by atoms with van der Waals surface area (Å²) in [7, 11) is 1.52. The molecule has 0 fully saturated rings. The van der Waals surface area contributed by atoms with Crippen LogP contribution >= 0.6 is 11.3 Å². The van der Waals surface area contributed by atoms with Crippen molar-refractivity contribution in [2.45, 2.75) is 52.4 Å². The highest BCUT2D eigenvalue weighted by Gasteiger charge is 2.24. The first-order valence-electron chi connectivity index (χ1n) is 11.4. The van der Waals surface area contributed by atoms with Gasteiger partial charge in [-0.2, -0.15) is 0 Å². The van der Waals surface area contributed by atoms with Gasteiger partial charge in [0.25, 0.3) is 5.91 Å². The number of hydrogen-bond acceptors (Lipinski definition) is 5. The summed E-state index contributed by atoms with van der Waals surface area (Å²) in [6, 6.07) is 11.3. The molecular formula is C27H30N2O3S. The molecule has 1 aliphatic rings. The van der Waals surface area contributed by atoms with E-state index in [1.54, 1.807) is 35.8 Å². The minimum atomic E-state index is -0.125. The van der Waals surface area contributed by atoms with Gasteiger partial charge in [0.05, 0.1) is 12.7 Å². The van der Waals surface area contributed by atoms with E-state index in [1.807, 2.05) is 26.0 Å². The van der Waals surface area contributed by atoms with Gasteiger partial charge in [0, 0.05) is 22.3 Å². The number of para-hydroxylation sites is 1. The number of methoxy groups -OCH3 is 1. The second kappa shape index (κ2) is 10.2. The highest BCUT2D eigenvalue weighted by atomic mass is 32.1. The third-order valence-corrected chi connectivity index (χ3v) is 7.13. The molecule has 0 spiro atoms. The fourth-order valence-corrected chi connectivity index (χ4v) is 5.64. The number of hydrogen-bond donors (Lipinski definition) is 2. The van der Waals surface area contributed by atoms with Gasteiger partial charge in [-0.1, -0.05) is 25.0 Å². The minimum absolute atomic E-state index is 0.0416. The number of carbonyl (C=O) groups is 1. The molecule has 4 rings (SSSR count). The van der Waals surface area contributed by atoms with Gasteiger partial charge in [-0.3, -0.25) is 4.79 Å². The highest BCUT2D eigenvalue weighted by molar-refractivity contribution is 7.16. The average molecular weight is 463 g/mol. The summed E-state index contributed by atoms with van der Waals surface area (Å²) < 4.78 is 5.21. The molecule has 2 aromatic carbocycles. The monoisotopic (exact) mass is 462 g/mol. The Morgan fingerprint density at radius 1 is 1.09 bits per heavy atom. The number of nitrogens with zero attached hydrogens (tertiary/aromatic N) is 1. The maximum Gasteiger partial charge on any atom is 0.259 e. The number of aryl methyl sites for hydroxylation is 3. The van der Waals surface area contributed by atoms with Crippen molar-refractivity contribution in [2.75, 3.05) is 12.4 Å². The van der Waals surface area contributed by atoms with Crippen LogP contribution in [0.4, 0.5) is 10.7 Å². The highest BCUT2D eigenvalue weighted by Crippen LogP contribution is 2.40. The molecule has 0 saturated heterocycles. The van der Waals surface area contributed by atoms with Crippen LogP contribution in [0.3, 0.4) is 0 Å². The SMILES string of the molecule is COc1cccc(C=Nc2sc3c(c2C(=O)Nc2cc(C)cc(C)c2)CCCCCC3)c1O. The van der Waals surface area contributed by atoms with Crippen molar-refractivity contribution in [3.63, 3.8) is 0 Å². The van der Waals surface area contributed by atoms with Crippen molar-refractivity contribution in [3.8, 4) is 11.5 Å². The van der Waals surface area contributed by atoms with E-state index in [1.165, 1.54) is 24.8 Å². The summed E-state index contributed by atoms with van der Waals surface area (Å²) in [5.74, 6) is 0.310. The molecule has 1 aliphatic carbocycles. The molecule has 0 atom stereocenters. The van der Waals surface area contributed by atoms with Gasteiger partial charge >= 0.3 is 0 Å². The zero-order valence-corrected chi connectivity index (χ0v) is 20.2. The summed E-state index contributed by atoms with van der Waals surface area (Å²) in [5.41, 5.74) is 5.35. The number of fused-ring (bicyclic) bond motifs is 1. The van der Waals surface area contributed by atoms with Gasteiger partial charge in [0.15, 0.2) is 11.5 Å². The van der Waals surface area contributed by atoms with Crippen LogP contribution in [0.1, 0.15) is 63.2 Å². The first-order valence-corrected chi connectivity index (χ1v) is 12.2. The second-order valence-electron chi connectivity index (χ2n) is 8.58. The molecule has 1 heterocycles. The van der Waals surface area contributed by atoms with E-state index in [0.717, 1.165) is 48.1 Å². The summed E-state index contributed by atoms with van der Waals surface area (Å²) in [6.07, 6.45) is 8.09. The molecule has 0 bridgehead atoms. The number of phenols is 1. The zero-order valence-electron chi connectivity index (χ0n) is 19.4. The lowest BCUT2D eigenvalue weighted by Crippen LogP contribution is -2.14. The van der Waals surface area contributed by atoms with Gasteiger partial charge in [0.2, 0.25) is 0 Å². The van der Waals surface area contributed by atoms with E-state index in [9.17, 15) is 9.90 Å². The van der Waals surface area contributed by atoms with Crippen molar-refractivity contribution < 1.29 is 14.6 Å². The van der Waals surface area contributed by atoms with Crippen molar-refractivity contribution in [1.82, 2.24) is 0 Å². The Kier molecular flexibility index (Phi) is 7.14. The van der Waals surface area contributed by atoms with Gasteiger partial charge in [0.1, 0.15) is 5.00 Å². The molecule has 3 aromatic rings. The third kappa shape index (κ3) is 5.28. The van der Waals surface area contributed by atoms with Gasteiger partial charge in [-0.15, -0.1) is 11.3 Å². The third-order valence-electron chi connectivity index (χ3n) is 5.93. The maximum atomic E-state index is 13.5. The van der Waals surface area contributed by atoms with E-state index in [0.29, 0.717) is 21.9 Å². The molecule has 0 aliphatic heterocycles. The van der Waals surface area contributed by atoms with Crippen LogP contribution < -0.4 is 10.1 Å². The molecule has 6 heteroatoms. The van der Waals surface area contributed by atoms with Crippen LogP contribution in [0.2, 0.25) is 0 Å². The predicted molar refractivity (Wildman–Crippen MR) is 136 cm³/mol. The zero-order chi connectivity index (χ0) is 23.4. The first kappa shape index (κ1) is 23.1. The number of ether oxygens (including phenoxy) is 1. The number of amides is 1. The lowest BCUT2D eigenvalue weighted by Gasteiger charge is -2.12. The van der Waals surface area contributed by atoms with Crippen LogP contribution in [-0.4, -0.2) is 24.3 Å². The average Bonchev–Trinajstić information content (AvgIpc) is 3.08. The number of nitrogens with one attached hydrogen (secondary N) is 1. The van der Waals surface area contributed by atoms with E-state index in [2.05, 4.69) is 11.4 Å². The summed E-state index contributed by atoms with van der Waals surface area (Å²) in [6.45, 7) is 4.05. The Morgan fingerprint density at radius 2 is 1.82 bits per heavy atom. The molecule has 1 amide bonds. The van der Waals surface area contributed by atoms with Crippen LogP contribution in [0.5, 0.6) is 11.5 Å². The fraction of sp³-hybridized carbons (Fsp3) is 0.333. The maximum absolute atomic E-state index is 13.5. The van der Waals surface area contributed by atoms with Gasteiger partial charge in [-0.05, 0) is 80.5 Å². The van der Waals surface area contributed by atoms with Crippen LogP contribution in [0.25, 0.3) is 0 Å². The number of thiophene rings is 1. The number of anilines is 1. The molecule has 0 unspecified atom stereocenters. The largest absolute Gasteiger partial charge is 0.504 e. The minimum Gasteiger partial charge on any atom is -0.504 e.